The molecule has 0 spiro atoms. The number of nitrogens with zero attached hydrogens (tertiary/aromatic N) is 4. The Bertz CT molecular complexity index is 1020. The molecule has 0 atom stereocenters. The summed E-state index contributed by atoms with van der Waals surface area (Å²) in [5.74, 6) is 0.615. The van der Waals surface area contributed by atoms with Gasteiger partial charge in [-0.3, -0.25) is 0 Å². The van der Waals surface area contributed by atoms with Crippen molar-refractivity contribution in [3.8, 4) is 5.82 Å². The predicted octanol–water partition coefficient (Wildman–Crippen LogP) is 4.58. The lowest BCUT2D eigenvalue weighted by Crippen LogP contribution is -2.00. The van der Waals surface area contributed by atoms with E-state index in [0.717, 1.165) is 22.0 Å². The van der Waals surface area contributed by atoms with Crippen molar-refractivity contribution in [1.82, 2.24) is 19.7 Å². The summed E-state index contributed by atoms with van der Waals surface area (Å²) in [6.45, 7) is 1.91. The molecule has 22 heavy (non-hydrogen) atoms. The molecular weight excluding hydrogens is 319 g/mol. The normalized spacial score (nSPS) is 11.4. The molecule has 0 aliphatic heterocycles. The van der Waals surface area contributed by atoms with Gasteiger partial charge in [-0.1, -0.05) is 47.5 Å². The molecule has 0 N–H and O–H groups in total. The Hall–Kier alpha value is -2.17. The molecule has 0 bridgehead atoms. The fourth-order valence-electron chi connectivity index (χ4n) is 2.56. The number of fused-ring (bicyclic) bond motifs is 2. The van der Waals surface area contributed by atoms with E-state index >= 15 is 0 Å². The zero-order chi connectivity index (χ0) is 15.3. The Balaban J connectivity index is 2.13. The van der Waals surface area contributed by atoms with Gasteiger partial charge >= 0.3 is 0 Å². The zero-order valence-corrected chi connectivity index (χ0v) is 13.1. The summed E-state index contributed by atoms with van der Waals surface area (Å²) in [6.07, 6.45) is 0. The SMILES string of the molecule is Cc1nn(-c2cccc(Cl)n2)c2nc3ccccc3c(Cl)c12. The number of pyridine rings is 2. The molecule has 0 unspecified atom stereocenters. The quantitative estimate of drug-likeness (QED) is 0.480. The molecule has 0 aliphatic rings. The van der Waals surface area contributed by atoms with Crippen LogP contribution < -0.4 is 0 Å². The number of hydrogen-bond acceptors (Lipinski definition) is 3. The van der Waals surface area contributed by atoms with Crippen LogP contribution in [0.2, 0.25) is 10.2 Å². The first kappa shape index (κ1) is 13.5. The highest BCUT2D eigenvalue weighted by atomic mass is 35.5. The van der Waals surface area contributed by atoms with Gasteiger partial charge < -0.3 is 0 Å². The molecule has 0 radical (unpaired) electrons. The van der Waals surface area contributed by atoms with E-state index in [1.165, 1.54) is 0 Å². The molecule has 4 nitrogen and oxygen atoms in total. The summed E-state index contributed by atoms with van der Waals surface area (Å²) in [6, 6.07) is 13.2. The molecule has 0 fully saturated rings. The minimum Gasteiger partial charge on any atom is -0.228 e. The summed E-state index contributed by atoms with van der Waals surface area (Å²) < 4.78 is 1.68. The van der Waals surface area contributed by atoms with Crippen molar-refractivity contribution in [2.45, 2.75) is 6.92 Å². The van der Waals surface area contributed by atoms with Gasteiger partial charge in [0.15, 0.2) is 11.5 Å². The van der Waals surface area contributed by atoms with Crippen LogP contribution in [0.25, 0.3) is 27.8 Å². The third kappa shape index (κ3) is 1.95. The van der Waals surface area contributed by atoms with E-state index in [4.69, 9.17) is 28.2 Å². The van der Waals surface area contributed by atoms with Gasteiger partial charge in [0.05, 0.1) is 21.6 Å². The van der Waals surface area contributed by atoms with Crippen molar-refractivity contribution in [3.05, 3.63) is 58.3 Å². The van der Waals surface area contributed by atoms with Crippen LogP contribution in [0, 0.1) is 6.92 Å². The smallest absolute Gasteiger partial charge is 0.167 e. The van der Waals surface area contributed by atoms with Gasteiger partial charge in [-0.05, 0) is 25.1 Å². The number of halogens is 2. The molecule has 3 aromatic heterocycles. The molecule has 1 aromatic carbocycles. The Kier molecular flexibility index (Phi) is 3.03. The van der Waals surface area contributed by atoms with Crippen molar-refractivity contribution in [2.75, 3.05) is 0 Å². The Morgan fingerprint density at radius 3 is 2.59 bits per heavy atom. The summed E-state index contributed by atoms with van der Waals surface area (Å²) in [5.41, 5.74) is 2.30. The Morgan fingerprint density at radius 1 is 0.955 bits per heavy atom. The highest BCUT2D eigenvalue weighted by Crippen LogP contribution is 2.33. The van der Waals surface area contributed by atoms with E-state index in [2.05, 4.69) is 10.1 Å². The third-order valence-electron chi connectivity index (χ3n) is 3.54. The number of aryl methyl sites for hydroxylation is 1. The highest BCUT2D eigenvalue weighted by molar-refractivity contribution is 6.40. The first-order chi connectivity index (χ1) is 10.6. The van der Waals surface area contributed by atoms with Gasteiger partial charge in [0, 0.05) is 5.39 Å². The second-order valence-electron chi connectivity index (χ2n) is 4.96. The highest BCUT2D eigenvalue weighted by Gasteiger charge is 2.17. The summed E-state index contributed by atoms with van der Waals surface area (Å²) in [7, 11) is 0. The Morgan fingerprint density at radius 2 is 1.77 bits per heavy atom. The van der Waals surface area contributed by atoms with Crippen LogP contribution in [-0.4, -0.2) is 19.7 Å². The van der Waals surface area contributed by atoms with Gasteiger partial charge in [-0.25, -0.2) is 9.97 Å². The largest absolute Gasteiger partial charge is 0.228 e. The zero-order valence-electron chi connectivity index (χ0n) is 11.6. The van der Waals surface area contributed by atoms with Gasteiger partial charge in [-0.2, -0.15) is 9.78 Å². The van der Waals surface area contributed by atoms with Gasteiger partial charge in [0.1, 0.15) is 5.15 Å². The number of aromatic nitrogens is 4. The van der Waals surface area contributed by atoms with Crippen molar-refractivity contribution in [3.63, 3.8) is 0 Å². The standard InChI is InChI=1S/C16H10Cl2N4/c1-9-14-15(18)10-5-2-3-6-11(10)19-16(14)22(21-9)13-8-4-7-12(17)20-13/h2-8H,1H3. The molecule has 0 saturated carbocycles. The molecule has 4 aromatic rings. The van der Waals surface area contributed by atoms with Gasteiger partial charge in [0.25, 0.3) is 0 Å². The van der Waals surface area contributed by atoms with E-state index in [1.54, 1.807) is 10.7 Å². The van der Waals surface area contributed by atoms with Crippen LogP contribution in [0.5, 0.6) is 0 Å². The van der Waals surface area contributed by atoms with Crippen LogP contribution in [0.4, 0.5) is 0 Å². The number of para-hydroxylation sites is 1. The van der Waals surface area contributed by atoms with E-state index in [0.29, 0.717) is 21.6 Å². The maximum absolute atomic E-state index is 6.57. The van der Waals surface area contributed by atoms with E-state index in [1.807, 2.05) is 43.3 Å². The molecule has 108 valence electrons. The molecule has 0 saturated heterocycles. The fraction of sp³-hybridized carbons (Fsp3) is 0.0625. The van der Waals surface area contributed by atoms with Crippen LogP contribution >= 0.6 is 23.2 Å². The van der Waals surface area contributed by atoms with Crippen LogP contribution in [0.3, 0.4) is 0 Å². The molecule has 0 aliphatic carbocycles. The lowest BCUT2D eigenvalue weighted by molar-refractivity contribution is 0.849. The number of benzene rings is 1. The average molecular weight is 329 g/mol. The van der Waals surface area contributed by atoms with Crippen molar-refractivity contribution >= 4 is 45.1 Å². The van der Waals surface area contributed by atoms with Crippen molar-refractivity contribution in [1.29, 1.82) is 0 Å². The first-order valence-corrected chi connectivity index (χ1v) is 7.47. The molecule has 6 heteroatoms. The minimum atomic E-state index is 0.408. The lowest BCUT2D eigenvalue weighted by Gasteiger charge is -2.05. The predicted molar refractivity (Wildman–Crippen MR) is 88.9 cm³/mol. The van der Waals surface area contributed by atoms with Crippen molar-refractivity contribution in [2.24, 2.45) is 0 Å². The van der Waals surface area contributed by atoms with E-state index < -0.39 is 0 Å². The summed E-state index contributed by atoms with van der Waals surface area (Å²) in [5, 5.41) is 7.35. The van der Waals surface area contributed by atoms with Gasteiger partial charge in [0.2, 0.25) is 0 Å². The monoisotopic (exact) mass is 328 g/mol. The second kappa shape index (κ2) is 4.93. The maximum Gasteiger partial charge on any atom is 0.167 e. The van der Waals surface area contributed by atoms with E-state index in [9.17, 15) is 0 Å². The molecule has 4 rings (SSSR count). The maximum atomic E-state index is 6.57. The topological polar surface area (TPSA) is 43.6 Å². The van der Waals surface area contributed by atoms with Gasteiger partial charge in [-0.15, -0.1) is 0 Å². The molecular formula is C16H10Cl2N4. The number of rotatable bonds is 1. The van der Waals surface area contributed by atoms with Crippen LogP contribution in [0.1, 0.15) is 5.69 Å². The van der Waals surface area contributed by atoms with Crippen molar-refractivity contribution < 1.29 is 0 Å². The fourth-order valence-corrected chi connectivity index (χ4v) is 3.10. The third-order valence-corrected chi connectivity index (χ3v) is 4.14. The molecule has 0 amide bonds. The van der Waals surface area contributed by atoms with E-state index in [-0.39, 0.29) is 0 Å². The minimum absolute atomic E-state index is 0.408. The summed E-state index contributed by atoms with van der Waals surface area (Å²) >= 11 is 12.6. The Labute approximate surface area is 136 Å². The summed E-state index contributed by atoms with van der Waals surface area (Å²) in [4.78, 5) is 9.00. The second-order valence-corrected chi connectivity index (χ2v) is 5.72. The average Bonchev–Trinajstić information content (AvgIpc) is 2.85. The van der Waals surface area contributed by atoms with Crippen LogP contribution in [-0.2, 0) is 0 Å². The number of hydrogen-bond donors (Lipinski definition) is 0. The first-order valence-electron chi connectivity index (χ1n) is 6.71. The molecule has 3 heterocycles. The van der Waals surface area contributed by atoms with Crippen LogP contribution in [0.15, 0.2) is 42.5 Å². The lowest BCUT2D eigenvalue weighted by atomic mass is 10.1.